The molecule has 0 aliphatic carbocycles. The van der Waals surface area contributed by atoms with Gasteiger partial charge in [0.25, 0.3) is 0 Å². The molecule has 0 bridgehead atoms. The van der Waals surface area contributed by atoms with Crippen LogP contribution >= 0.6 is 11.6 Å². The molecule has 0 aromatic carbocycles. The summed E-state index contributed by atoms with van der Waals surface area (Å²) in [7, 11) is 0. The molecular formula is C9H7ClN4. The standard InChI is InChI=1S/C9H7ClN4/c10-8-4-6(5-13-14-8)7-2-1-3-12-9(7)11/h1-5H,(H2,11,12). The van der Waals surface area contributed by atoms with Gasteiger partial charge < -0.3 is 5.73 Å². The molecule has 14 heavy (non-hydrogen) atoms. The van der Waals surface area contributed by atoms with Crippen LogP contribution in [0.25, 0.3) is 11.1 Å². The first-order chi connectivity index (χ1) is 6.77. The molecule has 0 fully saturated rings. The van der Waals surface area contributed by atoms with Crippen LogP contribution in [0.3, 0.4) is 0 Å². The van der Waals surface area contributed by atoms with Crippen molar-refractivity contribution in [3.63, 3.8) is 0 Å². The van der Waals surface area contributed by atoms with Crippen molar-refractivity contribution < 1.29 is 0 Å². The predicted octanol–water partition coefficient (Wildman–Crippen LogP) is 1.77. The fraction of sp³-hybridized carbons (Fsp3) is 0. The zero-order chi connectivity index (χ0) is 9.97. The van der Waals surface area contributed by atoms with Crippen LogP contribution in [0.5, 0.6) is 0 Å². The second-order valence-electron chi connectivity index (χ2n) is 2.70. The maximum Gasteiger partial charge on any atom is 0.152 e. The summed E-state index contributed by atoms with van der Waals surface area (Å²) in [5, 5.41) is 7.72. The van der Waals surface area contributed by atoms with Crippen molar-refractivity contribution >= 4 is 17.4 Å². The highest BCUT2D eigenvalue weighted by molar-refractivity contribution is 6.29. The Hall–Kier alpha value is -1.68. The molecular weight excluding hydrogens is 200 g/mol. The number of nitrogens with two attached hydrogens (primary N) is 1. The van der Waals surface area contributed by atoms with Gasteiger partial charge in [0, 0.05) is 17.3 Å². The summed E-state index contributed by atoms with van der Waals surface area (Å²) in [5.74, 6) is 0.455. The van der Waals surface area contributed by atoms with Crippen LogP contribution in [0.4, 0.5) is 5.82 Å². The van der Waals surface area contributed by atoms with E-state index in [1.165, 1.54) is 0 Å². The van der Waals surface area contributed by atoms with Crippen molar-refractivity contribution in [1.82, 2.24) is 15.2 Å². The summed E-state index contributed by atoms with van der Waals surface area (Å²) in [5.41, 5.74) is 7.33. The molecule has 2 rings (SSSR count). The third kappa shape index (κ3) is 1.65. The molecule has 5 heteroatoms. The topological polar surface area (TPSA) is 64.7 Å². The number of pyridine rings is 1. The third-order valence-corrected chi connectivity index (χ3v) is 1.96. The Kier molecular flexibility index (Phi) is 2.28. The lowest BCUT2D eigenvalue weighted by Crippen LogP contribution is -1.94. The number of anilines is 1. The molecule has 2 aromatic rings. The molecule has 0 amide bonds. The number of aromatic nitrogens is 3. The fourth-order valence-electron chi connectivity index (χ4n) is 1.15. The van der Waals surface area contributed by atoms with Crippen LogP contribution in [0.2, 0.25) is 5.15 Å². The Balaban J connectivity index is 2.55. The Morgan fingerprint density at radius 3 is 2.93 bits per heavy atom. The SMILES string of the molecule is Nc1ncccc1-c1cnnc(Cl)c1. The van der Waals surface area contributed by atoms with E-state index in [2.05, 4.69) is 15.2 Å². The Labute approximate surface area is 85.8 Å². The fourth-order valence-corrected chi connectivity index (χ4v) is 1.31. The van der Waals surface area contributed by atoms with Crippen molar-refractivity contribution in [3.05, 3.63) is 35.7 Å². The predicted molar refractivity (Wildman–Crippen MR) is 54.7 cm³/mol. The molecule has 0 spiro atoms. The lowest BCUT2D eigenvalue weighted by atomic mass is 10.1. The van der Waals surface area contributed by atoms with Crippen molar-refractivity contribution in [2.24, 2.45) is 0 Å². The average molecular weight is 207 g/mol. The minimum atomic E-state index is 0.339. The van der Waals surface area contributed by atoms with Crippen LogP contribution in [0.15, 0.2) is 30.6 Å². The van der Waals surface area contributed by atoms with Crippen LogP contribution in [0.1, 0.15) is 0 Å². The maximum atomic E-state index is 5.71. The highest BCUT2D eigenvalue weighted by Crippen LogP contribution is 2.23. The van der Waals surface area contributed by atoms with Gasteiger partial charge in [-0.25, -0.2) is 4.98 Å². The van der Waals surface area contributed by atoms with Crippen LogP contribution in [0, 0.1) is 0 Å². The highest BCUT2D eigenvalue weighted by atomic mass is 35.5. The van der Waals surface area contributed by atoms with Gasteiger partial charge in [0.05, 0.1) is 6.20 Å². The van der Waals surface area contributed by atoms with E-state index in [1.54, 1.807) is 24.5 Å². The number of rotatable bonds is 1. The molecule has 2 heterocycles. The van der Waals surface area contributed by atoms with E-state index < -0.39 is 0 Å². The van der Waals surface area contributed by atoms with Gasteiger partial charge in [-0.15, -0.1) is 5.10 Å². The van der Waals surface area contributed by atoms with E-state index in [1.807, 2.05) is 6.07 Å². The Morgan fingerprint density at radius 1 is 1.36 bits per heavy atom. The van der Waals surface area contributed by atoms with Crippen molar-refractivity contribution in [3.8, 4) is 11.1 Å². The van der Waals surface area contributed by atoms with Crippen LogP contribution in [-0.4, -0.2) is 15.2 Å². The normalized spacial score (nSPS) is 10.1. The molecule has 0 unspecified atom stereocenters. The third-order valence-electron chi connectivity index (χ3n) is 1.77. The number of halogens is 1. The molecule has 0 atom stereocenters. The zero-order valence-electron chi connectivity index (χ0n) is 7.18. The first kappa shape index (κ1) is 8.90. The number of nitrogen functional groups attached to an aromatic ring is 1. The summed E-state index contributed by atoms with van der Waals surface area (Å²) in [6, 6.07) is 5.36. The minimum absolute atomic E-state index is 0.339. The maximum absolute atomic E-state index is 5.71. The lowest BCUT2D eigenvalue weighted by Gasteiger charge is -2.02. The van der Waals surface area contributed by atoms with Crippen molar-refractivity contribution in [2.75, 3.05) is 5.73 Å². The first-order valence-corrected chi connectivity index (χ1v) is 4.34. The molecule has 4 nitrogen and oxygen atoms in total. The van der Waals surface area contributed by atoms with E-state index in [9.17, 15) is 0 Å². The van der Waals surface area contributed by atoms with Gasteiger partial charge >= 0.3 is 0 Å². The van der Waals surface area contributed by atoms with E-state index in [4.69, 9.17) is 17.3 Å². The van der Waals surface area contributed by atoms with Gasteiger partial charge in [-0.1, -0.05) is 11.6 Å². The molecule has 0 aliphatic heterocycles. The number of hydrogen-bond donors (Lipinski definition) is 1. The van der Waals surface area contributed by atoms with Gasteiger partial charge in [0.1, 0.15) is 5.82 Å². The van der Waals surface area contributed by atoms with Gasteiger partial charge in [-0.3, -0.25) is 0 Å². The van der Waals surface area contributed by atoms with Crippen LogP contribution < -0.4 is 5.73 Å². The number of hydrogen-bond acceptors (Lipinski definition) is 4. The van der Waals surface area contributed by atoms with Gasteiger partial charge in [0.15, 0.2) is 5.15 Å². The van der Waals surface area contributed by atoms with E-state index in [0.717, 1.165) is 11.1 Å². The van der Waals surface area contributed by atoms with E-state index >= 15 is 0 Å². The zero-order valence-corrected chi connectivity index (χ0v) is 7.94. The Morgan fingerprint density at radius 2 is 2.21 bits per heavy atom. The Bertz CT molecular complexity index is 458. The molecule has 0 radical (unpaired) electrons. The van der Waals surface area contributed by atoms with Crippen LogP contribution in [-0.2, 0) is 0 Å². The molecule has 0 aliphatic rings. The summed E-state index contributed by atoms with van der Waals surface area (Å²) < 4.78 is 0. The van der Waals surface area contributed by atoms with E-state index in [0.29, 0.717) is 11.0 Å². The monoisotopic (exact) mass is 206 g/mol. The molecule has 70 valence electrons. The molecule has 2 aromatic heterocycles. The van der Waals surface area contributed by atoms with Gasteiger partial charge in [-0.05, 0) is 18.2 Å². The summed E-state index contributed by atoms with van der Waals surface area (Å²) in [6.07, 6.45) is 3.23. The van der Waals surface area contributed by atoms with E-state index in [-0.39, 0.29) is 0 Å². The highest BCUT2D eigenvalue weighted by Gasteiger charge is 2.03. The molecule has 2 N–H and O–H groups in total. The quantitative estimate of drug-likeness (QED) is 0.773. The molecule has 0 saturated carbocycles. The lowest BCUT2D eigenvalue weighted by molar-refractivity contribution is 1.03. The minimum Gasteiger partial charge on any atom is -0.383 e. The van der Waals surface area contributed by atoms with Crippen molar-refractivity contribution in [1.29, 1.82) is 0 Å². The smallest absolute Gasteiger partial charge is 0.152 e. The summed E-state index contributed by atoms with van der Waals surface area (Å²) >= 11 is 5.71. The summed E-state index contributed by atoms with van der Waals surface area (Å²) in [4.78, 5) is 3.97. The largest absolute Gasteiger partial charge is 0.383 e. The summed E-state index contributed by atoms with van der Waals surface area (Å²) in [6.45, 7) is 0. The second kappa shape index (κ2) is 3.59. The van der Waals surface area contributed by atoms with Crippen molar-refractivity contribution in [2.45, 2.75) is 0 Å². The van der Waals surface area contributed by atoms with Gasteiger partial charge in [-0.2, -0.15) is 5.10 Å². The number of nitrogens with zero attached hydrogens (tertiary/aromatic N) is 3. The average Bonchev–Trinajstić information content (AvgIpc) is 2.18. The first-order valence-electron chi connectivity index (χ1n) is 3.96. The second-order valence-corrected chi connectivity index (χ2v) is 3.09. The molecule has 0 saturated heterocycles. The van der Waals surface area contributed by atoms with Gasteiger partial charge in [0.2, 0.25) is 0 Å².